The highest BCUT2D eigenvalue weighted by Crippen LogP contribution is 2.18. The number of carbonyl (C=O) groups excluding carboxylic acids is 2. The molecule has 0 heterocycles. The number of benzene rings is 3. The quantitative estimate of drug-likeness (QED) is 0.459. The number of nitrogens with zero attached hydrogens (tertiary/aromatic N) is 1. The van der Waals surface area contributed by atoms with Crippen LogP contribution in [-0.4, -0.2) is 22.8 Å². The number of rotatable bonds is 9. The van der Waals surface area contributed by atoms with Crippen LogP contribution in [0.25, 0.3) is 0 Å². The molecule has 0 aromatic heterocycles. The molecule has 4 nitrogen and oxygen atoms in total. The van der Waals surface area contributed by atoms with Crippen LogP contribution in [0.4, 0.5) is 4.39 Å². The Hall–Kier alpha value is -3.18. The Morgan fingerprint density at radius 2 is 1.48 bits per heavy atom. The first kappa shape index (κ1) is 24.5. The zero-order valence-corrected chi connectivity index (χ0v) is 19.6. The van der Waals surface area contributed by atoms with Crippen molar-refractivity contribution in [3.8, 4) is 0 Å². The Balaban J connectivity index is 1.88. The highest BCUT2D eigenvalue weighted by molar-refractivity contribution is 6.30. The molecule has 3 aromatic rings. The van der Waals surface area contributed by atoms with Gasteiger partial charge in [0.2, 0.25) is 11.8 Å². The Morgan fingerprint density at radius 1 is 0.879 bits per heavy atom. The molecule has 3 aromatic carbocycles. The van der Waals surface area contributed by atoms with Gasteiger partial charge in [0.25, 0.3) is 0 Å². The summed E-state index contributed by atoms with van der Waals surface area (Å²) in [5.74, 6) is -1.03. The monoisotopic (exact) mass is 466 g/mol. The average molecular weight is 467 g/mol. The molecule has 2 amide bonds. The van der Waals surface area contributed by atoms with Crippen molar-refractivity contribution in [3.05, 3.63) is 106 Å². The van der Waals surface area contributed by atoms with Gasteiger partial charge >= 0.3 is 0 Å². The zero-order chi connectivity index (χ0) is 23.8. The van der Waals surface area contributed by atoms with Crippen molar-refractivity contribution in [2.75, 3.05) is 0 Å². The summed E-state index contributed by atoms with van der Waals surface area (Å²) >= 11 is 5.95. The van der Waals surface area contributed by atoms with Crippen molar-refractivity contribution in [1.29, 1.82) is 0 Å². The fourth-order valence-corrected chi connectivity index (χ4v) is 3.68. The van der Waals surface area contributed by atoms with Crippen LogP contribution in [0.15, 0.2) is 78.9 Å². The minimum atomic E-state index is -0.723. The third kappa shape index (κ3) is 7.16. The number of hydrogen-bond donors (Lipinski definition) is 1. The maximum atomic E-state index is 13.4. The van der Waals surface area contributed by atoms with Gasteiger partial charge in [-0.15, -0.1) is 0 Å². The summed E-state index contributed by atoms with van der Waals surface area (Å²) in [7, 11) is 0. The van der Waals surface area contributed by atoms with Crippen LogP contribution in [0.3, 0.4) is 0 Å². The topological polar surface area (TPSA) is 49.4 Å². The summed E-state index contributed by atoms with van der Waals surface area (Å²) in [5.41, 5.74) is 2.62. The first-order valence-corrected chi connectivity index (χ1v) is 11.3. The molecule has 0 fully saturated rings. The molecule has 0 aliphatic heterocycles. The van der Waals surface area contributed by atoms with Crippen molar-refractivity contribution in [2.24, 2.45) is 5.92 Å². The van der Waals surface area contributed by atoms with E-state index >= 15 is 0 Å². The van der Waals surface area contributed by atoms with Gasteiger partial charge in [0.1, 0.15) is 11.9 Å². The lowest BCUT2D eigenvalue weighted by Gasteiger charge is -2.33. The molecular weight excluding hydrogens is 439 g/mol. The number of carbonyl (C=O) groups is 2. The van der Waals surface area contributed by atoms with E-state index in [0.717, 1.165) is 16.7 Å². The van der Waals surface area contributed by atoms with Gasteiger partial charge < -0.3 is 10.2 Å². The normalized spacial score (nSPS) is 11.8. The average Bonchev–Trinajstić information content (AvgIpc) is 2.82. The fraction of sp³-hybridized carbons (Fsp3) is 0.259. The largest absolute Gasteiger partial charge is 0.350 e. The highest BCUT2D eigenvalue weighted by Gasteiger charge is 2.31. The molecule has 0 aliphatic carbocycles. The third-order valence-electron chi connectivity index (χ3n) is 5.37. The van der Waals surface area contributed by atoms with Crippen molar-refractivity contribution in [3.63, 3.8) is 0 Å². The summed E-state index contributed by atoms with van der Waals surface area (Å²) in [6, 6.07) is 22.1. The van der Waals surface area contributed by atoms with Crippen LogP contribution >= 0.6 is 11.6 Å². The van der Waals surface area contributed by atoms with Crippen LogP contribution in [0.5, 0.6) is 0 Å². The number of nitrogens with one attached hydrogen (secondary N) is 1. The van der Waals surface area contributed by atoms with Gasteiger partial charge in [-0.25, -0.2) is 4.39 Å². The van der Waals surface area contributed by atoms with Gasteiger partial charge in [-0.3, -0.25) is 9.59 Å². The Morgan fingerprint density at radius 3 is 2.09 bits per heavy atom. The molecule has 6 heteroatoms. The molecule has 33 heavy (non-hydrogen) atoms. The maximum Gasteiger partial charge on any atom is 0.243 e. The lowest BCUT2D eigenvalue weighted by Crippen LogP contribution is -2.51. The SMILES string of the molecule is CC(C)C(=O)N(Cc1ccc(F)cc1)[C@@H](Cc1ccccc1)C(=O)NCc1ccc(Cl)cc1. The first-order chi connectivity index (χ1) is 15.8. The van der Waals surface area contributed by atoms with Crippen molar-refractivity contribution in [1.82, 2.24) is 10.2 Å². The number of hydrogen-bond acceptors (Lipinski definition) is 2. The summed E-state index contributed by atoms with van der Waals surface area (Å²) in [5, 5.41) is 3.60. The molecule has 0 saturated heterocycles. The highest BCUT2D eigenvalue weighted by atomic mass is 35.5. The van der Waals surface area contributed by atoms with E-state index in [1.165, 1.54) is 12.1 Å². The summed E-state index contributed by atoms with van der Waals surface area (Å²) < 4.78 is 13.4. The van der Waals surface area contributed by atoms with Gasteiger partial charge in [-0.05, 0) is 41.0 Å². The zero-order valence-electron chi connectivity index (χ0n) is 18.8. The number of halogens is 2. The van der Waals surface area contributed by atoms with Gasteiger partial charge in [-0.2, -0.15) is 0 Å². The molecule has 0 unspecified atom stereocenters. The molecular formula is C27H28ClFN2O2. The summed E-state index contributed by atoms with van der Waals surface area (Å²) in [6.07, 6.45) is 0.368. The van der Waals surface area contributed by atoms with Gasteiger partial charge in [0.15, 0.2) is 0 Å². The second-order valence-electron chi connectivity index (χ2n) is 8.30. The maximum absolute atomic E-state index is 13.4. The molecule has 0 radical (unpaired) electrons. The van der Waals surface area contributed by atoms with Crippen LogP contribution in [0.2, 0.25) is 5.02 Å². The van der Waals surface area contributed by atoms with Gasteiger partial charge in [0, 0.05) is 30.5 Å². The first-order valence-electron chi connectivity index (χ1n) is 10.9. The lowest BCUT2D eigenvalue weighted by molar-refractivity contribution is -0.143. The van der Waals surface area contributed by atoms with Crippen molar-refractivity contribution in [2.45, 2.75) is 39.4 Å². The Kier molecular flexibility index (Phi) is 8.61. The Labute approximate surface area is 199 Å². The second-order valence-corrected chi connectivity index (χ2v) is 8.73. The smallest absolute Gasteiger partial charge is 0.243 e. The molecule has 1 atom stereocenters. The lowest BCUT2D eigenvalue weighted by atomic mass is 10.0. The molecule has 0 saturated carbocycles. The predicted molar refractivity (Wildman–Crippen MR) is 129 cm³/mol. The van der Waals surface area contributed by atoms with Crippen LogP contribution in [-0.2, 0) is 29.1 Å². The van der Waals surface area contributed by atoms with E-state index in [4.69, 9.17) is 11.6 Å². The van der Waals surface area contributed by atoms with E-state index in [9.17, 15) is 14.0 Å². The molecule has 0 aliphatic rings. The Bertz CT molecular complexity index is 1050. The van der Waals surface area contributed by atoms with Crippen LogP contribution in [0.1, 0.15) is 30.5 Å². The van der Waals surface area contributed by atoms with Crippen LogP contribution in [0, 0.1) is 11.7 Å². The predicted octanol–water partition coefficient (Wildman–Crippen LogP) is 5.39. The minimum Gasteiger partial charge on any atom is -0.350 e. The van der Waals surface area contributed by atoms with Gasteiger partial charge in [0.05, 0.1) is 0 Å². The third-order valence-corrected chi connectivity index (χ3v) is 5.63. The van der Waals surface area contributed by atoms with Gasteiger partial charge in [-0.1, -0.05) is 80.0 Å². The summed E-state index contributed by atoms with van der Waals surface area (Å²) in [6.45, 7) is 4.15. The summed E-state index contributed by atoms with van der Waals surface area (Å²) in [4.78, 5) is 28.2. The minimum absolute atomic E-state index is 0.137. The molecule has 3 rings (SSSR count). The molecule has 0 bridgehead atoms. The molecule has 0 spiro atoms. The van der Waals surface area contributed by atoms with E-state index < -0.39 is 6.04 Å². The molecule has 1 N–H and O–H groups in total. The van der Waals surface area contributed by atoms with E-state index in [1.54, 1.807) is 29.2 Å². The van der Waals surface area contributed by atoms with Crippen molar-refractivity contribution < 1.29 is 14.0 Å². The van der Waals surface area contributed by atoms with Crippen molar-refractivity contribution >= 4 is 23.4 Å². The van der Waals surface area contributed by atoms with E-state index in [0.29, 0.717) is 18.0 Å². The number of amides is 2. The molecule has 172 valence electrons. The second kappa shape index (κ2) is 11.6. The fourth-order valence-electron chi connectivity index (χ4n) is 3.55. The standard InChI is InChI=1S/C27H28ClFN2O2/c1-19(2)27(33)31(18-22-10-14-24(29)15-11-22)25(16-20-6-4-3-5-7-20)26(32)30-17-21-8-12-23(28)13-9-21/h3-15,19,25H,16-18H2,1-2H3,(H,30,32)/t25-/m0/s1. The van der Waals surface area contributed by atoms with E-state index in [-0.39, 0.29) is 30.1 Å². The van der Waals surface area contributed by atoms with Crippen LogP contribution < -0.4 is 5.32 Å². The van der Waals surface area contributed by atoms with E-state index in [2.05, 4.69) is 5.32 Å². The van der Waals surface area contributed by atoms with E-state index in [1.807, 2.05) is 56.3 Å².